The Hall–Kier alpha value is -2.24. The van der Waals surface area contributed by atoms with Crippen LogP contribution in [0.15, 0.2) is 28.8 Å². The molecular weight excluding hydrogens is 249 g/mol. The maximum atomic E-state index is 13.5. The van der Waals surface area contributed by atoms with Gasteiger partial charge in [0, 0.05) is 26.9 Å². The van der Waals surface area contributed by atoms with E-state index in [1.165, 1.54) is 11.0 Å². The quantitative estimate of drug-likeness (QED) is 0.845. The Morgan fingerprint density at radius 3 is 2.79 bits per heavy atom. The number of aromatic nitrogens is 2. The lowest BCUT2D eigenvalue weighted by Crippen LogP contribution is -2.21. The van der Waals surface area contributed by atoms with Crippen LogP contribution in [0.2, 0.25) is 0 Å². The number of hydrogen-bond donors (Lipinski definition) is 0. The summed E-state index contributed by atoms with van der Waals surface area (Å²) >= 11 is 0. The summed E-state index contributed by atoms with van der Waals surface area (Å²) in [6, 6.07) is 6.20. The van der Waals surface area contributed by atoms with Crippen LogP contribution in [0.1, 0.15) is 12.3 Å². The van der Waals surface area contributed by atoms with E-state index in [-0.39, 0.29) is 23.7 Å². The Balaban J connectivity index is 2.08. The molecule has 5 nitrogen and oxygen atoms in total. The first-order valence-electron chi connectivity index (χ1n) is 5.85. The summed E-state index contributed by atoms with van der Waals surface area (Å²) < 4.78 is 18.5. The van der Waals surface area contributed by atoms with Gasteiger partial charge in [-0.3, -0.25) is 4.79 Å². The van der Waals surface area contributed by atoms with E-state index in [2.05, 4.69) is 10.1 Å². The van der Waals surface area contributed by atoms with Crippen LogP contribution in [0.4, 0.5) is 4.39 Å². The van der Waals surface area contributed by atoms with Gasteiger partial charge in [-0.1, -0.05) is 17.3 Å². The van der Waals surface area contributed by atoms with Crippen LogP contribution in [-0.2, 0) is 11.2 Å². The summed E-state index contributed by atoms with van der Waals surface area (Å²) in [5.74, 6) is 0.101. The first kappa shape index (κ1) is 13.2. The average molecular weight is 263 g/mol. The molecular formula is C13H14FN3O2. The Labute approximate surface area is 110 Å². The minimum absolute atomic E-state index is 0.0226. The summed E-state index contributed by atoms with van der Waals surface area (Å²) in [5.41, 5.74) is 0.288. The van der Waals surface area contributed by atoms with Crippen LogP contribution in [0, 0.1) is 5.82 Å². The van der Waals surface area contributed by atoms with Crippen molar-refractivity contribution in [1.29, 1.82) is 0 Å². The number of halogens is 1. The second-order valence-electron chi connectivity index (χ2n) is 4.28. The van der Waals surface area contributed by atoms with Gasteiger partial charge in [0.05, 0.1) is 5.56 Å². The molecule has 0 saturated heterocycles. The lowest BCUT2D eigenvalue weighted by molar-refractivity contribution is -0.128. The van der Waals surface area contributed by atoms with Gasteiger partial charge in [0.25, 0.3) is 0 Å². The fourth-order valence-corrected chi connectivity index (χ4v) is 1.55. The lowest BCUT2D eigenvalue weighted by Gasteiger charge is -2.07. The molecule has 2 rings (SSSR count). The number of benzene rings is 1. The van der Waals surface area contributed by atoms with Gasteiger partial charge in [0.2, 0.25) is 17.6 Å². The van der Waals surface area contributed by atoms with E-state index in [0.29, 0.717) is 12.3 Å². The monoisotopic (exact) mass is 263 g/mol. The number of amides is 1. The summed E-state index contributed by atoms with van der Waals surface area (Å²) in [6.07, 6.45) is 0.629. The number of hydrogen-bond acceptors (Lipinski definition) is 4. The van der Waals surface area contributed by atoms with Gasteiger partial charge < -0.3 is 9.42 Å². The van der Waals surface area contributed by atoms with Gasteiger partial charge in [-0.05, 0) is 12.1 Å². The maximum Gasteiger partial charge on any atom is 0.227 e. The molecule has 100 valence electrons. The normalized spacial score (nSPS) is 10.5. The molecule has 19 heavy (non-hydrogen) atoms. The van der Waals surface area contributed by atoms with E-state index >= 15 is 0 Å². The smallest absolute Gasteiger partial charge is 0.227 e. The minimum Gasteiger partial charge on any atom is -0.349 e. The SMILES string of the molecule is CN(C)C(=O)CCc1nc(-c2ccccc2F)no1. The fraction of sp³-hybridized carbons (Fsp3) is 0.308. The van der Waals surface area contributed by atoms with Crippen molar-refractivity contribution in [3.05, 3.63) is 36.0 Å². The Bertz CT molecular complexity index is 581. The van der Waals surface area contributed by atoms with Gasteiger partial charge in [-0.2, -0.15) is 4.98 Å². The van der Waals surface area contributed by atoms with E-state index in [4.69, 9.17) is 4.52 Å². The molecule has 0 fully saturated rings. The van der Waals surface area contributed by atoms with Crippen molar-refractivity contribution < 1.29 is 13.7 Å². The van der Waals surface area contributed by atoms with E-state index in [9.17, 15) is 9.18 Å². The highest BCUT2D eigenvalue weighted by Crippen LogP contribution is 2.19. The number of aryl methyl sites for hydroxylation is 1. The standard InChI is InChI=1S/C13H14FN3O2/c1-17(2)12(18)8-7-11-15-13(16-19-11)9-5-3-4-6-10(9)14/h3-6H,7-8H2,1-2H3. The van der Waals surface area contributed by atoms with Crippen molar-refractivity contribution in [3.8, 4) is 11.4 Å². The van der Waals surface area contributed by atoms with Crippen molar-refractivity contribution in [2.45, 2.75) is 12.8 Å². The van der Waals surface area contributed by atoms with E-state index in [0.717, 1.165) is 0 Å². The number of rotatable bonds is 4. The lowest BCUT2D eigenvalue weighted by atomic mass is 10.2. The largest absolute Gasteiger partial charge is 0.349 e. The molecule has 0 aliphatic heterocycles. The van der Waals surface area contributed by atoms with Gasteiger partial charge in [-0.15, -0.1) is 0 Å². The third-order valence-corrected chi connectivity index (χ3v) is 2.63. The van der Waals surface area contributed by atoms with Crippen LogP contribution in [0.25, 0.3) is 11.4 Å². The highest BCUT2D eigenvalue weighted by atomic mass is 19.1. The Morgan fingerprint density at radius 1 is 1.37 bits per heavy atom. The minimum atomic E-state index is -0.404. The molecule has 1 amide bonds. The summed E-state index contributed by atoms with van der Waals surface area (Å²) in [6.45, 7) is 0. The van der Waals surface area contributed by atoms with Crippen LogP contribution < -0.4 is 0 Å². The third-order valence-electron chi connectivity index (χ3n) is 2.63. The zero-order valence-corrected chi connectivity index (χ0v) is 10.8. The molecule has 0 aliphatic rings. The predicted octanol–water partition coefficient (Wildman–Crippen LogP) is 1.90. The highest BCUT2D eigenvalue weighted by molar-refractivity contribution is 5.75. The molecule has 0 aliphatic carbocycles. The van der Waals surface area contributed by atoms with Gasteiger partial charge in [0.15, 0.2) is 0 Å². The van der Waals surface area contributed by atoms with Gasteiger partial charge >= 0.3 is 0 Å². The summed E-state index contributed by atoms with van der Waals surface area (Å²) in [5, 5.41) is 3.72. The molecule has 0 atom stereocenters. The number of nitrogens with zero attached hydrogens (tertiary/aromatic N) is 3. The van der Waals surface area contributed by atoms with E-state index in [1.807, 2.05) is 0 Å². The van der Waals surface area contributed by atoms with Crippen molar-refractivity contribution in [3.63, 3.8) is 0 Å². The van der Waals surface area contributed by atoms with Crippen molar-refractivity contribution >= 4 is 5.91 Å². The molecule has 6 heteroatoms. The molecule has 0 unspecified atom stereocenters. The molecule has 2 aromatic rings. The summed E-state index contributed by atoms with van der Waals surface area (Å²) in [7, 11) is 3.36. The Kier molecular flexibility index (Phi) is 3.89. The van der Waals surface area contributed by atoms with Crippen molar-refractivity contribution in [2.24, 2.45) is 0 Å². The van der Waals surface area contributed by atoms with Crippen LogP contribution in [0.3, 0.4) is 0 Å². The van der Waals surface area contributed by atoms with Crippen molar-refractivity contribution in [1.82, 2.24) is 15.0 Å². The second kappa shape index (κ2) is 5.60. The molecule has 1 aromatic heterocycles. The number of carbonyl (C=O) groups excluding carboxylic acids is 1. The topological polar surface area (TPSA) is 59.2 Å². The first-order valence-corrected chi connectivity index (χ1v) is 5.85. The molecule has 0 bridgehead atoms. The molecule has 0 N–H and O–H groups in total. The maximum absolute atomic E-state index is 13.5. The Morgan fingerprint density at radius 2 is 2.11 bits per heavy atom. The molecule has 0 radical (unpaired) electrons. The second-order valence-corrected chi connectivity index (χ2v) is 4.28. The van der Waals surface area contributed by atoms with Crippen molar-refractivity contribution in [2.75, 3.05) is 14.1 Å². The molecule has 0 saturated carbocycles. The zero-order chi connectivity index (χ0) is 13.8. The highest BCUT2D eigenvalue weighted by Gasteiger charge is 2.13. The third kappa shape index (κ3) is 3.15. The fourth-order valence-electron chi connectivity index (χ4n) is 1.55. The summed E-state index contributed by atoms with van der Waals surface area (Å²) in [4.78, 5) is 17.0. The van der Waals surface area contributed by atoms with Crippen LogP contribution in [-0.4, -0.2) is 35.0 Å². The first-order chi connectivity index (χ1) is 9.08. The van der Waals surface area contributed by atoms with Crippen LogP contribution >= 0.6 is 0 Å². The number of carbonyl (C=O) groups is 1. The molecule has 0 spiro atoms. The van der Waals surface area contributed by atoms with Gasteiger partial charge in [-0.25, -0.2) is 4.39 Å². The molecule has 1 heterocycles. The van der Waals surface area contributed by atoms with E-state index < -0.39 is 5.82 Å². The molecule has 1 aromatic carbocycles. The predicted molar refractivity (Wildman–Crippen MR) is 66.7 cm³/mol. The van der Waals surface area contributed by atoms with E-state index in [1.54, 1.807) is 32.3 Å². The average Bonchev–Trinajstić information content (AvgIpc) is 2.85. The van der Waals surface area contributed by atoms with Gasteiger partial charge in [0.1, 0.15) is 5.82 Å². The zero-order valence-electron chi connectivity index (χ0n) is 10.8. The van der Waals surface area contributed by atoms with Crippen LogP contribution in [0.5, 0.6) is 0 Å².